The van der Waals surface area contributed by atoms with Gasteiger partial charge in [-0.25, -0.2) is 9.59 Å². The van der Waals surface area contributed by atoms with Crippen molar-refractivity contribution in [2.45, 2.75) is 0 Å². The minimum absolute atomic E-state index is 0.151. The van der Waals surface area contributed by atoms with Gasteiger partial charge in [-0.3, -0.25) is 0 Å². The molecule has 0 spiro atoms. The van der Waals surface area contributed by atoms with Crippen molar-refractivity contribution in [2.75, 3.05) is 14.2 Å². The third kappa shape index (κ3) is 6.53. The third-order valence-corrected chi connectivity index (χ3v) is 16.4. The summed E-state index contributed by atoms with van der Waals surface area (Å²) < 4.78 is 11.6. The third-order valence-electron chi connectivity index (χ3n) is 16.4. The number of carbonyl (C=O) groups excluding carboxylic acids is 2. The first-order chi connectivity index (χ1) is 38.5. The molecule has 0 aromatic heterocycles. The van der Waals surface area contributed by atoms with Gasteiger partial charge in [0.05, 0.1) is 25.3 Å². The summed E-state index contributed by atoms with van der Waals surface area (Å²) in [6.45, 7) is 0. The molecular formula is C74H46O4. The molecule has 15 rings (SSSR count). The van der Waals surface area contributed by atoms with Gasteiger partial charge in [0.2, 0.25) is 0 Å². The van der Waals surface area contributed by atoms with Crippen molar-refractivity contribution in [1.29, 1.82) is 0 Å². The fourth-order valence-electron chi connectivity index (χ4n) is 13.3. The summed E-state index contributed by atoms with van der Waals surface area (Å²) in [6.07, 6.45) is 0. The summed E-state index contributed by atoms with van der Waals surface area (Å²) in [6, 6.07) is 86.2. The van der Waals surface area contributed by atoms with Gasteiger partial charge in [-0.15, -0.1) is 0 Å². The van der Waals surface area contributed by atoms with E-state index in [1.165, 1.54) is 25.0 Å². The molecule has 0 aliphatic rings. The highest BCUT2D eigenvalue weighted by atomic mass is 16.5. The van der Waals surface area contributed by atoms with E-state index in [0.29, 0.717) is 10.8 Å². The SMILES string of the molecule is COC(=O)c1c(C(=O)OC)c2cc3c(-c4ccccc4)c4c5ccccc5c5ccccc5c4c(-c4ccccc4)c3cc2c2cc3c(-c4ccccc4)c4c5ccccc5c5ccccc5c4c(-c4ccccc4)c3cc12. The Morgan fingerprint density at radius 3 is 0.667 bits per heavy atom. The number of rotatable bonds is 6. The minimum Gasteiger partial charge on any atom is -0.465 e. The Balaban J connectivity index is 1.26. The summed E-state index contributed by atoms with van der Waals surface area (Å²) >= 11 is 0. The number of hydrogen-bond donors (Lipinski definition) is 0. The van der Waals surface area contributed by atoms with Gasteiger partial charge < -0.3 is 9.47 Å². The summed E-state index contributed by atoms with van der Waals surface area (Å²) in [5, 5.41) is 20.3. The van der Waals surface area contributed by atoms with Crippen LogP contribution < -0.4 is 0 Å². The molecule has 0 aliphatic carbocycles. The maximum Gasteiger partial charge on any atom is 0.339 e. The van der Waals surface area contributed by atoms with Gasteiger partial charge in [0, 0.05) is 0 Å². The van der Waals surface area contributed by atoms with Crippen LogP contribution in [0.4, 0.5) is 0 Å². The number of fused-ring (bicyclic) bond motifs is 17. The number of esters is 2. The Morgan fingerprint density at radius 1 is 0.231 bits per heavy atom. The summed E-state index contributed by atoms with van der Waals surface area (Å²) in [7, 11) is 2.77. The van der Waals surface area contributed by atoms with Crippen molar-refractivity contribution in [3.63, 3.8) is 0 Å². The molecule has 78 heavy (non-hydrogen) atoms. The Morgan fingerprint density at radius 2 is 0.436 bits per heavy atom. The Kier molecular flexibility index (Phi) is 10.3. The summed E-state index contributed by atoms with van der Waals surface area (Å²) in [5.41, 5.74) is 8.70. The molecule has 15 aromatic carbocycles. The second-order valence-electron chi connectivity index (χ2n) is 20.3. The topological polar surface area (TPSA) is 52.6 Å². The van der Waals surface area contributed by atoms with Crippen LogP contribution in [0.5, 0.6) is 0 Å². The quantitative estimate of drug-likeness (QED) is 0.0946. The van der Waals surface area contributed by atoms with Crippen LogP contribution in [0.15, 0.2) is 243 Å². The highest BCUT2D eigenvalue weighted by Crippen LogP contribution is 2.54. The Labute approximate surface area is 448 Å². The molecule has 0 saturated heterocycles. The first-order valence-corrected chi connectivity index (χ1v) is 26.4. The highest BCUT2D eigenvalue weighted by Gasteiger charge is 2.31. The van der Waals surface area contributed by atoms with Crippen molar-refractivity contribution in [3.8, 4) is 44.5 Å². The molecule has 15 aromatic rings. The van der Waals surface area contributed by atoms with Crippen LogP contribution in [0.3, 0.4) is 0 Å². The van der Waals surface area contributed by atoms with Gasteiger partial charge in [-0.1, -0.05) is 218 Å². The predicted octanol–water partition coefficient (Wildman–Crippen LogP) is 19.5. The van der Waals surface area contributed by atoms with Crippen LogP contribution >= 0.6 is 0 Å². The van der Waals surface area contributed by atoms with Gasteiger partial charge in [0.15, 0.2) is 0 Å². The molecule has 0 atom stereocenters. The standard InChI is InChI=1S/C74H46O4/c1-77-73(75)71-57-41-61-59(63(43-23-7-3-8-24-43)67-51-35-19-15-31-47(51)49-33-17-21-37-53(49)69(67)65(61)45-27-11-5-12-28-45)39-55(57)56-40-60-62(42-58(56)72(71)74(76)78-2)66(46-29-13-6-14-30-46)70-54-38-22-18-34-50(54)48-32-16-20-36-52(48)68(70)64(60)44-25-9-4-10-26-44/h3-42H,1-2H3. The maximum absolute atomic E-state index is 15.0. The lowest BCUT2D eigenvalue weighted by Crippen LogP contribution is -2.14. The maximum atomic E-state index is 15.0. The van der Waals surface area contributed by atoms with Gasteiger partial charge in [0.25, 0.3) is 0 Å². The molecule has 0 amide bonds. The van der Waals surface area contributed by atoms with Crippen LogP contribution in [0.25, 0.3) is 152 Å². The van der Waals surface area contributed by atoms with E-state index in [9.17, 15) is 0 Å². The molecule has 0 unspecified atom stereocenters. The second kappa shape index (κ2) is 17.7. The molecule has 0 aliphatic heterocycles. The van der Waals surface area contributed by atoms with Crippen LogP contribution in [0, 0.1) is 0 Å². The Bertz CT molecular complexity index is 4730. The summed E-state index contributed by atoms with van der Waals surface area (Å²) in [4.78, 5) is 30.1. The predicted molar refractivity (Wildman–Crippen MR) is 326 cm³/mol. The zero-order chi connectivity index (χ0) is 52.2. The molecule has 0 saturated carbocycles. The van der Waals surface area contributed by atoms with Gasteiger partial charge in [-0.05, 0) is 176 Å². The number of ether oxygens (including phenoxy) is 2. The Hall–Kier alpha value is -10.2. The molecule has 0 fully saturated rings. The normalized spacial score (nSPS) is 11.8. The lowest BCUT2D eigenvalue weighted by Gasteiger charge is -2.24. The largest absolute Gasteiger partial charge is 0.465 e. The number of hydrogen-bond acceptors (Lipinski definition) is 4. The van der Waals surface area contributed by atoms with Crippen LogP contribution in [0.1, 0.15) is 20.7 Å². The molecule has 0 bridgehead atoms. The molecule has 0 heterocycles. The average Bonchev–Trinajstić information content (AvgIpc) is 3.56. The van der Waals surface area contributed by atoms with Crippen molar-refractivity contribution >= 4 is 120 Å². The van der Waals surface area contributed by atoms with E-state index < -0.39 is 11.9 Å². The minimum atomic E-state index is -0.632. The molecule has 366 valence electrons. The van der Waals surface area contributed by atoms with Crippen molar-refractivity contribution in [1.82, 2.24) is 0 Å². The zero-order valence-corrected chi connectivity index (χ0v) is 42.7. The molecule has 0 radical (unpaired) electrons. The van der Waals surface area contributed by atoms with E-state index in [1.54, 1.807) is 0 Å². The molecular weight excluding hydrogens is 953 g/mol. The molecule has 0 N–H and O–H groups in total. The lowest BCUT2D eigenvalue weighted by molar-refractivity contribution is 0.0559. The van der Waals surface area contributed by atoms with Crippen LogP contribution in [-0.2, 0) is 9.47 Å². The first-order valence-electron chi connectivity index (χ1n) is 26.4. The van der Waals surface area contributed by atoms with Crippen LogP contribution in [-0.4, -0.2) is 26.2 Å². The second-order valence-corrected chi connectivity index (χ2v) is 20.3. The van der Waals surface area contributed by atoms with E-state index in [1.807, 2.05) is 12.1 Å². The number of benzene rings is 15. The van der Waals surface area contributed by atoms with E-state index in [2.05, 4.69) is 231 Å². The smallest absolute Gasteiger partial charge is 0.339 e. The average molecular weight is 999 g/mol. The fraction of sp³-hybridized carbons (Fsp3) is 0.0270. The van der Waals surface area contributed by atoms with Crippen molar-refractivity contribution in [3.05, 3.63) is 254 Å². The lowest BCUT2D eigenvalue weighted by atomic mass is 9.78. The van der Waals surface area contributed by atoms with Crippen molar-refractivity contribution < 1.29 is 19.1 Å². The van der Waals surface area contributed by atoms with E-state index >= 15 is 9.59 Å². The van der Waals surface area contributed by atoms with Crippen LogP contribution in [0.2, 0.25) is 0 Å². The molecule has 4 heteroatoms. The highest BCUT2D eigenvalue weighted by molar-refractivity contribution is 6.41. The van der Waals surface area contributed by atoms with Gasteiger partial charge in [0.1, 0.15) is 0 Å². The van der Waals surface area contributed by atoms with Crippen molar-refractivity contribution in [2.24, 2.45) is 0 Å². The first kappa shape index (κ1) is 45.3. The van der Waals surface area contributed by atoms with Gasteiger partial charge in [-0.2, -0.15) is 0 Å². The monoisotopic (exact) mass is 998 g/mol. The molecule has 4 nitrogen and oxygen atoms in total. The fourth-order valence-corrected chi connectivity index (χ4v) is 13.3. The summed E-state index contributed by atoms with van der Waals surface area (Å²) in [5.74, 6) is -1.26. The zero-order valence-electron chi connectivity index (χ0n) is 42.7. The van der Waals surface area contributed by atoms with Gasteiger partial charge >= 0.3 is 11.9 Å². The van der Waals surface area contributed by atoms with E-state index in [0.717, 1.165) is 131 Å². The number of methoxy groups -OCH3 is 2. The number of carbonyl (C=O) groups is 2. The van der Waals surface area contributed by atoms with E-state index in [4.69, 9.17) is 9.47 Å². The van der Waals surface area contributed by atoms with E-state index in [-0.39, 0.29) is 11.1 Å².